The van der Waals surface area contributed by atoms with Gasteiger partial charge in [-0.2, -0.15) is 0 Å². The summed E-state index contributed by atoms with van der Waals surface area (Å²) in [7, 11) is 0. The molecule has 0 amide bonds. The molecule has 0 spiro atoms. The van der Waals surface area contributed by atoms with E-state index >= 15 is 0 Å². The van der Waals surface area contributed by atoms with Crippen LogP contribution < -0.4 is 15.1 Å². The first-order valence-corrected chi connectivity index (χ1v) is 14.9. The Hall–Kier alpha value is -3.35. The van der Waals surface area contributed by atoms with Crippen molar-refractivity contribution >= 4 is 40.3 Å². The lowest BCUT2D eigenvalue weighted by atomic mass is 9.91. The molecule has 6 rings (SSSR count). The Morgan fingerprint density at radius 1 is 0.900 bits per heavy atom. The number of nitrogens with one attached hydrogen (secondary N) is 1. The van der Waals surface area contributed by atoms with Crippen LogP contribution in [0.1, 0.15) is 54.9 Å². The summed E-state index contributed by atoms with van der Waals surface area (Å²) in [6, 6.07) is 23.1. The summed E-state index contributed by atoms with van der Waals surface area (Å²) in [5.74, 6) is 1.30. The lowest BCUT2D eigenvalue weighted by Crippen LogP contribution is -2.38. The summed E-state index contributed by atoms with van der Waals surface area (Å²) < 4.78 is 2.27. The van der Waals surface area contributed by atoms with E-state index in [-0.39, 0.29) is 12.1 Å². The second kappa shape index (κ2) is 10.9. The minimum Gasteiger partial charge on any atom is -0.370 e. The molecule has 2 aliphatic heterocycles. The van der Waals surface area contributed by atoms with E-state index in [1.165, 1.54) is 17.5 Å². The number of benzene rings is 2. The predicted molar refractivity (Wildman–Crippen MR) is 170 cm³/mol. The van der Waals surface area contributed by atoms with Crippen molar-refractivity contribution in [1.29, 1.82) is 0 Å². The number of rotatable bonds is 5. The number of halogens is 1. The molecule has 1 N–H and O–H groups in total. The van der Waals surface area contributed by atoms with Gasteiger partial charge in [0, 0.05) is 42.6 Å². The highest BCUT2D eigenvalue weighted by Crippen LogP contribution is 2.44. The number of piperidine rings is 1. The highest BCUT2D eigenvalue weighted by molar-refractivity contribution is 7.80. The minimum atomic E-state index is -0.129. The summed E-state index contributed by atoms with van der Waals surface area (Å²) in [4.78, 5) is 9.37. The first-order valence-electron chi connectivity index (χ1n) is 14.1. The average Bonchev–Trinajstić information content (AvgIpc) is 3.54. The molecule has 2 aliphatic rings. The Balaban J connectivity index is 1.43. The van der Waals surface area contributed by atoms with Gasteiger partial charge >= 0.3 is 0 Å². The fourth-order valence-electron chi connectivity index (χ4n) is 6.44. The van der Waals surface area contributed by atoms with E-state index in [0.717, 1.165) is 46.6 Å². The van der Waals surface area contributed by atoms with Gasteiger partial charge in [0.1, 0.15) is 6.04 Å². The molecule has 0 aliphatic carbocycles. The lowest BCUT2D eigenvalue weighted by molar-refractivity contribution is 0.357. The summed E-state index contributed by atoms with van der Waals surface area (Å²) in [5.41, 5.74) is 7.82. The minimum absolute atomic E-state index is 0.129. The molecule has 2 saturated heterocycles. The van der Waals surface area contributed by atoms with Crippen molar-refractivity contribution in [1.82, 2.24) is 14.9 Å². The molecule has 4 heterocycles. The number of aromatic nitrogens is 2. The first kappa shape index (κ1) is 26.9. The number of nitrogens with zero attached hydrogens (tertiary/aromatic N) is 4. The fourth-order valence-corrected chi connectivity index (χ4v) is 7.08. The monoisotopic (exact) mass is 569 g/mol. The van der Waals surface area contributed by atoms with Crippen molar-refractivity contribution in [2.45, 2.75) is 46.2 Å². The van der Waals surface area contributed by atoms with Gasteiger partial charge in [0.15, 0.2) is 5.11 Å². The van der Waals surface area contributed by atoms with E-state index in [4.69, 9.17) is 28.8 Å². The summed E-state index contributed by atoms with van der Waals surface area (Å²) in [6.07, 6.45) is 5.23. The van der Waals surface area contributed by atoms with Crippen LogP contribution in [0.25, 0.3) is 5.69 Å². The van der Waals surface area contributed by atoms with Crippen LogP contribution in [0.2, 0.25) is 5.02 Å². The van der Waals surface area contributed by atoms with Crippen molar-refractivity contribution in [2.24, 2.45) is 11.8 Å². The molecule has 4 aromatic rings. The number of anilines is 2. The van der Waals surface area contributed by atoms with Crippen LogP contribution in [0.3, 0.4) is 0 Å². The number of aryl methyl sites for hydroxylation is 2. The lowest BCUT2D eigenvalue weighted by Gasteiger charge is -2.37. The molecule has 0 unspecified atom stereocenters. The van der Waals surface area contributed by atoms with Crippen molar-refractivity contribution in [3.05, 3.63) is 107 Å². The molecule has 40 heavy (non-hydrogen) atoms. The van der Waals surface area contributed by atoms with Crippen molar-refractivity contribution in [3.8, 4) is 5.69 Å². The highest BCUT2D eigenvalue weighted by Gasteiger charge is 2.42. The SMILES string of the molecule is Cc1ccc(-n2cccc2[C@@H]2[C@H](c3ccccn3)NC(=S)N2c2ccc(N3C[C@H](C)C[C@H](C)C3)c(Cl)c2)cc1C. The number of thiocarbonyl (C=S) groups is 1. The second-order valence-corrected chi connectivity index (χ2v) is 12.3. The van der Waals surface area contributed by atoms with E-state index in [9.17, 15) is 0 Å². The highest BCUT2D eigenvalue weighted by atomic mass is 35.5. The van der Waals surface area contributed by atoms with Gasteiger partial charge in [-0.05, 0) is 110 Å². The molecule has 206 valence electrons. The molecule has 7 heteroatoms. The Morgan fingerprint density at radius 2 is 1.68 bits per heavy atom. The third-order valence-electron chi connectivity index (χ3n) is 8.37. The molecule has 0 radical (unpaired) electrons. The molecule has 4 atom stereocenters. The van der Waals surface area contributed by atoms with E-state index in [1.807, 2.05) is 18.3 Å². The maximum absolute atomic E-state index is 7.02. The van der Waals surface area contributed by atoms with E-state index in [0.29, 0.717) is 16.9 Å². The largest absolute Gasteiger partial charge is 0.370 e. The van der Waals surface area contributed by atoms with Crippen LogP contribution in [-0.4, -0.2) is 27.8 Å². The van der Waals surface area contributed by atoms with Gasteiger partial charge in [-0.15, -0.1) is 0 Å². The third-order valence-corrected chi connectivity index (χ3v) is 8.99. The first-order chi connectivity index (χ1) is 19.3. The fraction of sp³-hybridized carbons (Fsp3) is 0.333. The normalized spacial score (nSPS) is 23.0. The summed E-state index contributed by atoms with van der Waals surface area (Å²) >= 11 is 13.0. The van der Waals surface area contributed by atoms with Crippen LogP contribution in [0.4, 0.5) is 11.4 Å². The number of hydrogen-bond acceptors (Lipinski definition) is 3. The molecule has 0 saturated carbocycles. The van der Waals surface area contributed by atoms with Crippen LogP contribution >= 0.6 is 23.8 Å². The van der Waals surface area contributed by atoms with Crippen LogP contribution in [0.15, 0.2) is 79.1 Å². The van der Waals surface area contributed by atoms with E-state index in [1.54, 1.807) is 0 Å². The van der Waals surface area contributed by atoms with Gasteiger partial charge in [-0.25, -0.2) is 0 Å². The van der Waals surface area contributed by atoms with Gasteiger partial charge in [-0.3, -0.25) is 4.98 Å². The zero-order valence-corrected chi connectivity index (χ0v) is 25.1. The van der Waals surface area contributed by atoms with E-state index in [2.05, 4.69) is 108 Å². The molecule has 0 bridgehead atoms. The number of pyridine rings is 1. The van der Waals surface area contributed by atoms with Gasteiger partial charge in [0.05, 0.1) is 22.4 Å². The van der Waals surface area contributed by atoms with Gasteiger partial charge in [-0.1, -0.05) is 37.6 Å². The molecular weight excluding hydrogens is 534 g/mol. The van der Waals surface area contributed by atoms with Gasteiger partial charge in [0.25, 0.3) is 0 Å². The van der Waals surface area contributed by atoms with Crippen LogP contribution in [0.5, 0.6) is 0 Å². The summed E-state index contributed by atoms with van der Waals surface area (Å²) in [6.45, 7) is 11.0. The zero-order valence-electron chi connectivity index (χ0n) is 23.5. The Kier molecular flexibility index (Phi) is 7.32. The van der Waals surface area contributed by atoms with Gasteiger partial charge in [0.2, 0.25) is 0 Å². The molecule has 2 fully saturated rings. The second-order valence-electron chi connectivity index (χ2n) is 11.6. The van der Waals surface area contributed by atoms with Crippen LogP contribution in [0, 0.1) is 25.7 Å². The average molecular weight is 570 g/mol. The molecular formula is C33H36ClN5S. The standard InChI is InChI=1S/C33H36ClN5S/c1-21-16-22(2)20-37(19-21)29-13-12-26(18-27(29)34)39-32(31(36-33(39)40)28-8-5-6-14-35-28)30-9-7-15-38(30)25-11-10-23(3)24(4)17-25/h5-15,17-18,21-22,31-32H,16,19-20H2,1-4H3,(H,36,40)/t21-,22+,31-,32+/m0/s1. The van der Waals surface area contributed by atoms with Gasteiger partial charge < -0.3 is 19.7 Å². The topological polar surface area (TPSA) is 36.3 Å². The Morgan fingerprint density at radius 3 is 2.38 bits per heavy atom. The number of hydrogen-bond donors (Lipinski definition) is 1. The van der Waals surface area contributed by atoms with Crippen LogP contribution in [-0.2, 0) is 0 Å². The molecule has 2 aromatic carbocycles. The zero-order chi connectivity index (χ0) is 28.0. The van der Waals surface area contributed by atoms with Crippen molar-refractivity contribution in [2.75, 3.05) is 22.9 Å². The van der Waals surface area contributed by atoms with Crippen molar-refractivity contribution in [3.63, 3.8) is 0 Å². The molecule has 2 aromatic heterocycles. The summed E-state index contributed by atoms with van der Waals surface area (Å²) in [5, 5.41) is 5.01. The predicted octanol–water partition coefficient (Wildman–Crippen LogP) is 7.80. The Labute approximate surface area is 247 Å². The smallest absolute Gasteiger partial charge is 0.174 e. The Bertz CT molecular complexity index is 1520. The quantitative estimate of drug-likeness (QED) is 0.248. The van der Waals surface area contributed by atoms with Crippen molar-refractivity contribution < 1.29 is 0 Å². The van der Waals surface area contributed by atoms with E-state index < -0.39 is 0 Å². The maximum atomic E-state index is 7.02. The maximum Gasteiger partial charge on any atom is 0.174 e. The third kappa shape index (κ3) is 4.99. The molecule has 5 nitrogen and oxygen atoms in total.